The van der Waals surface area contributed by atoms with Crippen molar-refractivity contribution in [2.75, 3.05) is 6.54 Å². The Morgan fingerprint density at radius 1 is 1.24 bits per heavy atom. The van der Waals surface area contributed by atoms with Gasteiger partial charge in [0.15, 0.2) is 5.69 Å². The number of rotatable bonds is 7. The van der Waals surface area contributed by atoms with Crippen molar-refractivity contribution in [1.82, 2.24) is 20.4 Å². The number of carbonyl (C=O) groups excluding carboxylic acids is 2. The van der Waals surface area contributed by atoms with Crippen LogP contribution in [0.4, 0.5) is 13.2 Å². The summed E-state index contributed by atoms with van der Waals surface area (Å²) < 4.78 is 43.1. The number of carbonyl (C=O) groups is 3. The van der Waals surface area contributed by atoms with Gasteiger partial charge in [-0.3, -0.25) is 19.1 Å². The van der Waals surface area contributed by atoms with Gasteiger partial charge in [-0.05, 0) is 30.2 Å². The van der Waals surface area contributed by atoms with Crippen LogP contribution in [0.1, 0.15) is 56.9 Å². The molecule has 8 nitrogen and oxygen atoms in total. The van der Waals surface area contributed by atoms with E-state index in [1.807, 2.05) is 0 Å². The summed E-state index contributed by atoms with van der Waals surface area (Å²) in [7, 11) is 0. The van der Waals surface area contributed by atoms with Crippen molar-refractivity contribution in [3.05, 3.63) is 29.7 Å². The van der Waals surface area contributed by atoms with Gasteiger partial charge in [-0.15, -0.1) is 0 Å². The molecule has 34 heavy (non-hydrogen) atoms. The van der Waals surface area contributed by atoms with Crippen LogP contribution in [0.3, 0.4) is 0 Å². The highest BCUT2D eigenvalue weighted by molar-refractivity contribution is 6.06. The summed E-state index contributed by atoms with van der Waals surface area (Å²) in [5.74, 6) is -6.06. The van der Waals surface area contributed by atoms with Gasteiger partial charge in [-0.2, -0.15) is 5.10 Å². The third-order valence-electron chi connectivity index (χ3n) is 6.02. The van der Waals surface area contributed by atoms with E-state index in [1.165, 1.54) is 22.9 Å². The van der Waals surface area contributed by atoms with Gasteiger partial charge in [0.25, 0.3) is 5.91 Å². The van der Waals surface area contributed by atoms with E-state index < -0.39 is 47.5 Å². The summed E-state index contributed by atoms with van der Waals surface area (Å²) in [5.41, 5.74) is -0.779. The molecule has 3 rings (SSSR count). The topological polar surface area (TPSA) is 113 Å². The number of alkyl halides is 2. The molecule has 1 saturated carbocycles. The van der Waals surface area contributed by atoms with E-state index in [9.17, 15) is 27.6 Å². The number of para-hydroxylation sites is 1. The predicted molar refractivity (Wildman–Crippen MR) is 118 cm³/mol. The van der Waals surface area contributed by atoms with E-state index in [2.05, 4.69) is 15.7 Å². The summed E-state index contributed by atoms with van der Waals surface area (Å²) in [6.45, 7) is 4.68. The molecule has 0 saturated heterocycles. The van der Waals surface area contributed by atoms with Crippen molar-refractivity contribution in [2.24, 2.45) is 11.3 Å². The fourth-order valence-electron chi connectivity index (χ4n) is 4.16. The molecule has 2 aromatic rings. The molecule has 2 amide bonds. The molecule has 0 aliphatic heterocycles. The van der Waals surface area contributed by atoms with Crippen molar-refractivity contribution in [3.63, 3.8) is 0 Å². The molecule has 1 unspecified atom stereocenters. The third-order valence-corrected chi connectivity index (χ3v) is 6.02. The first-order valence-corrected chi connectivity index (χ1v) is 11.1. The first kappa shape index (κ1) is 25.5. The quantitative estimate of drug-likeness (QED) is 0.560. The van der Waals surface area contributed by atoms with E-state index in [0.29, 0.717) is 0 Å². The maximum absolute atomic E-state index is 14.7. The molecule has 1 heterocycles. The normalized spacial score (nSPS) is 17.4. The number of carboxylic acid groups (broad SMARTS) is 1. The molecule has 1 aliphatic rings. The van der Waals surface area contributed by atoms with E-state index in [-0.39, 0.29) is 54.7 Å². The second-order valence-electron chi connectivity index (χ2n) is 9.85. The number of aliphatic carboxylic acids is 1. The van der Waals surface area contributed by atoms with Gasteiger partial charge in [0, 0.05) is 24.8 Å². The summed E-state index contributed by atoms with van der Waals surface area (Å²) in [5, 5.41) is 18.2. The van der Waals surface area contributed by atoms with E-state index >= 15 is 0 Å². The largest absolute Gasteiger partial charge is 0.480 e. The third kappa shape index (κ3) is 5.87. The molecule has 11 heteroatoms. The summed E-state index contributed by atoms with van der Waals surface area (Å²) in [4.78, 5) is 36.5. The second kappa shape index (κ2) is 9.63. The van der Waals surface area contributed by atoms with Crippen LogP contribution in [0.2, 0.25) is 0 Å². The number of halogens is 3. The molecule has 0 spiro atoms. The lowest BCUT2D eigenvalue weighted by atomic mass is 9.86. The number of hydrogen-bond donors (Lipinski definition) is 3. The molecule has 186 valence electrons. The Kier molecular flexibility index (Phi) is 7.23. The first-order valence-electron chi connectivity index (χ1n) is 11.1. The molecule has 1 aromatic carbocycles. The SMILES string of the molecule is CC(C)(C)C(NC(=O)c1nn(CC2CCC(F)(F)CC2)c2c(F)cccc12)C(=O)NCC(=O)O. The van der Waals surface area contributed by atoms with Gasteiger partial charge in [0.1, 0.15) is 23.9 Å². The van der Waals surface area contributed by atoms with Crippen LogP contribution in [0.25, 0.3) is 10.9 Å². The molecular weight excluding hydrogens is 453 g/mol. The number of fused-ring (bicyclic) bond motifs is 1. The lowest BCUT2D eigenvalue weighted by molar-refractivity contribution is -0.138. The maximum atomic E-state index is 14.7. The van der Waals surface area contributed by atoms with E-state index in [4.69, 9.17) is 5.11 Å². The van der Waals surface area contributed by atoms with Gasteiger partial charge < -0.3 is 15.7 Å². The van der Waals surface area contributed by atoms with Gasteiger partial charge in [0.05, 0.1) is 0 Å². The predicted octanol–water partition coefficient (Wildman–Crippen LogP) is 3.35. The van der Waals surface area contributed by atoms with Gasteiger partial charge in [-0.25, -0.2) is 13.2 Å². The Labute approximate surface area is 194 Å². The van der Waals surface area contributed by atoms with Gasteiger partial charge >= 0.3 is 5.97 Å². The summed E-state index contributed by atoms with van der Waals surface area (Å²) >= 11 is 0. The zero-order valence-electron chi connectivity index (χ0n) is 19.3. The highest BCUT2D eigenvalue weighted by atomic mass is 19.3. The molecule has 0 bridgehead atoms. The summed E-state index contributed by atoms with van der Waals surface area (Å²) in [6, 6.07) is 3.10. The van der Waals surface area contributed by atoms with Crippen molar-refractivity contribution in [2.45, 2.75) is 65.0 Å². The molecule has 3 N–H and O–H groups in total. The minimum Gasteiger partial charge on any atom is -0.480 e. The lowest BCUT2D eigenvalue weighted by Gasteiger charge is -2.30. The maximum Gasteiger partial charge on any atom is 0.322 e. The second-order valence-corrected chi connectivity index (χ2v) is 9.85. The zero-order chi connectivity index (χ0) is 25.3. The van der Waals surface area contributed by atoms with E-state index in [1.54, 1.807) is 20.8 Å². The average molecular weight is 483 g/mol. The molecule has 1 aromatic heterocycles. The van der Waals surface area contributed by atoms with Crippen LogP contribution >= 0.6 is 0 Å². The highest BCUT2D eigenvalue weighted by Gasteiger charge is 2.36. The van der Waals surface area contributed by atoms with Crippen molar-refractivity contribution in [3.8, 4) is 0 Å². The number of hydrogen-bond acceptors (Lipinski definition) is 4. The van der Waals surface area contributed by atoms with Crippen molar-refractivity contribution in [1.29, 1.82) is 0 Å². The van der Waals surface area contributed by atoms with Crippen LogP contribution in [0.15, 0.2) is 18.2 Å². The smallest absolute Gasteiger partial charge is 0.322 e. The average Bonchev–Trinajstić information content (AvgIpc) is 3.10. The van der Waals surface area contributed by atoms with Crippen molar-refractivity contribution < 1.29 is 32.7 Å². The number of benzene rings is 1. The standard InChI is InChI=1S/C23H29F3N4O4/c1-22(2,3)19(21(34)27-11-16(31)32)28-20(33)17-14-5-4-6-15(24)18(14)30(29-17)12-13-7-9-23(25,26)10-8-13/h4-6,13,19H,7-12H2,1-3H3,(H,27,34)(H,28,33)(H,31,32). The fourth-order valence-corrected chi connectivity index (χ4v) is 4.16. The Morgan fingerprint density at radius 2 is 1.88 bits per heavy atom. The van der Waals surface area contributed by atoms with Gasteiger partial charge in [0.2, 0.25) is 11.8 Å². The molecule has 1 aliphatic carbocycles. The first-order chi connectivity index (χ1) is 15.8. The van der Waals surface area contributed by atoms with Crippen LogP contribution in [-0.4, -0.2) is 51.2 Å². The monoisotopic (exact) mass is 482 g/mol. The molecule has 1 atom stereocenters. The molecule has 0 radical (unpaired) electrons. The van der Waals surface area contributed by atoms with Crippen LogP contribution < -0.4 is 10.6 Å². The van der Waals surface area contributed by atoms with Crippen LogP contribution in [0, 0.1) is 17.2 Å². The minimum atomic E-state index is -2.69. The lowest BCUT2D eigenvalue weighted by Crippen LogP contribution is -2.54. The van der Waals surface area contributed by atoms with Crippen LogP contribution in [-0.2, 0) is 16.1 Å². The number of nitrogens with one attached hydrogen (secondary N) is 2. The molecular formula is C23H29F3N4O4. The Balaban J connectivity index is 1.88. The minimum absolute atomic E-state index is 0.0904. The highest BCUT2D eigenvalue weighted by Crippen LogP contribution is 2.37. The fraction of sp³-hybridized carbons (Fsp3) is 0.565. The zero-order valence-corrected chi connectivity index (χ0v) is 19.3. The summed E-state index contributed by atoms with van der Waals surface area (Å²) in [6.07, 6.45) is 0.0389. The number of aromatic nitrogens is 2. The van der Waals surface area contributed by atoms with E-state index in [0.717, 1.165) is 0 Å². The van der Waals surface area contributed by atoms with Crippen LogP contribution in [0.5, 0.6) is 0 Å². The number of nitrogens with zero attached hydrogens (tertiary/aromatic N) is 2. The van der Waals surface area contributed by atoms with Crippen molar-refractivity contribution >= 4 is 28.7 Å². The molecule has 1 fully saturated rings. The number of carboxylic acids is 1. The van der Waals surface area contributed by atoms with Gasteiger partial charge in [-0.1, -0.05) is 32.9 Å². The number of amides is 2. The Bertz CT molecular complexity index is 1080. The Morgan fingerprint density at radius 3 is 2.47 bits per heavy atom. The Hall–Kier alpha value is -3.11.